The van der Waals surface area contributed by atoms with E-state index in [0.717, 1.165) is 6.54 Å². The number of nitrogens with one attached hydrogen (secondary N) is 2. The molecule has 1 aromatic rings. The molecule has 1 heterocycles. The van der Waals surface area contributed by atoms with Gasteiger partial charge < -0.3 is 20.6 Å². The first kappa shape index (κ1) is 15.4. The van der Waals surface area contributed by atoms with Crippen molar-refractivity contribution in [2.24, 2.45) is 0 Å². The number of rotatable bonds is 7. The van der Waals surface area contributed by atoms with Crippen molar-refractivity contribution in [3.05, 3.63) is 16.1 Å². The van der Waals surface area contributed by atoms with Crippen LogP contribution in [-0.2, 0) is 6.42 Å². The maximum atomic E-state index is 11.4. The van der Waals surface area contributed by atoms with E-state index in [-0.39, 0.29) is 11.7 Å². The van der Waals surface area contributed by atoms with Gasteiger partial charge in [-0.2, -0.15) is 0 Å². The topological polar surface area (TPSA) is 94.6 Å². The summed E-state index contributed by atoms with van der Waals surface area (Å²) in [4.78, 5) is 27.9. The van der Waals surface area contributed by atoms with Crippen molar-refractivity contribution in [2.75, 3.05) is 33.7 Å². The number of carbonyl (C=O) groups is 2. The third kappa shape index (κ3) is 6.16. The highest BCUT2D eigenvalue weighted by Crippen LogP contribution is 2.09. The lowest BCUT2D eigenvalue weighted by Gasteiger charge is -2.10. The zero-order chi connectivity index (χ0) is 14.3. The van der Waals surface area contributed by atoms with Crippen LogP contribution in [0, 0.1) is 0 Å². The molecule has 19 heavy (non-hydrogen) atoms. The second kappa shape index (κ2) is 7.70. The zero-order valence-electron chi connectivity index (χ0n) is 11.0. The highest BCUT2D eigenvalue weighted by molar-refractivity contribution is 7.09. The van der Waals surface area contributed by atoms with E-state index in [1.54, 1.807) is 0 Å². The van der Waals surface area contributed by atoms with Gasteiger partial charge in [0.2, 0.25) is 0 Å². The normalized spacial score (nSPS) is 10.5. The first-order valence-corrected chi connectivity index (χ1v) is 6.71. The van der Waals surface area contributed by atoms with Gasteiger partial charge in [-0.25, -0.2) is 14.6 Å². The molecule has 0 radical (unpaired) electrons. The largest absolute Gasteiger partial charge is 0.476 e. The molecular formula is C11H18N4O3S. The van der Waals surface area contributed by atoms with Crippen LogP contribution < -0.4 is 10.6 Å². The van der Waals surface area contributed by atoms with Crippen LogP contribution in [0.3, 0.4) is 0 Å². The van der Waals surface area contributed by atoms with Crippen molar-refractivity contribution in [2.45, 2.75) is 6.42 Å². The van der Waals surface area contributed by atoms with Crippen molar-refractivity contribution in [3.8, 4) is 0 Å². The Kier molecular flexibility index (Phi) is 6.23. The molecule has 0 aromatic carbocycles. The first-order chi connectivity index (χ1) is 8.99. The molecule has 1 aromatic heterocycles. The number of likely N-dealkylation sites (N-methyl/N-ethyl adjacent to an activating group) is 1. The molecule has 8 heteroatoms. The zero-order valence-corrected chi connectivity index (χ0v) is 11.8. The summed E-state index contributed by atoms with van der Waals surface area (Å²) in [7, 11) is 3.87. The lowest BCUT2D eigenvalue weighted by molar-refractivity contribution is 0.0691. The van der Waals surface area contributed by atoms with Crippen LogP contribution in [0.2, 0.25) is 0 Å². The fraction of sp³-hybridized carbons (Fsp3) is 0.545. The number of hydrogen-bond donors (Lipinski definition) is 3. The molecule has 0 aliphatic carbocycles. The fourth-order valence-corrected chi connectivity index (χ4v) is 2.03. The fourth-order valence-electron chi connectivity index (χ4n) is 1.26. The summed E-state index contributed by atoms with van der Waals surface area (Å²) in [6.45, 7) is 1.79. The third-order valence-corrected chi connectivity index (χ3v) is 3.15. The van der Waals surface area contributed by atoms with Crippen LogP contribution in [-0.4, -0.2) is 60.7 Å². The minimum atomic E-state index is -1.03. The molecule has 0 fully saturated rings. The second-order valence-electron chi connectivity index (χ2n) is 4.17. The average Bonchev–Trinajstić information content (AvgIpc) is 2.77. The average molecular weight is 286 g/mol. The van der Waals surface area contributed by atoms with Gasteiger partial charge in [0.15, 0.2) is 5.69 Å². The van der Waals surface area contributed by atoms with Crippen LogP contribution in [0.1, 0.15) is 15.5 Å². The monoisotopic (exact) mass is 286 g/mol. The Labute approximate surface area is 115 Å². The molecule has 0 spiro atoms. The van der Waals surface area contributed by atoms with Crippen LogP contribution in [0.25, 0.3) is 0 Å². The van der Waals surface area contributed by atoms with Gasteiger partial charge in [-0.15, -0.1) is 11.3 Å². The van der Waals surface area contributed by atoms with Crippen molar-refractivity contribution in [3.63, 3.8) is 0 Å². The Morgan fingerprint density at radius 1 is 1.37 bits per heavy atom. The quantitative estimate of drug-likeness (QED) is 0.667. The molecule has 0 aliphatic rings. The summed E-state index contributed by atoms with van der Waals surface area (Å²) in [5.41, 5.74) is 0.0513. The number of hydrogen-bond acceptors (Lipinski definition) is 5. The molecule has 0 atom stereocenters. The van der Waals surface area contributed by atoms with E-state index in [9.17, 15) is 9.59 Å². The molecule has 0 saturated heterocycles. The number of aromatic nitrogens is 1. The van der Waals surface area contributed by atoms with Crippen molar-refractivity contribution in [1.82, 2.24) is 20.5 Å². The van der Waals surface area contributed by atoms with E-state index < -0.39 is 5.97 Å². The smallest absolute Gasteiger partial charge is 0.355 e. The van der Waals surface area contributed by atoms with Gasteiger partial charge in [-0.3, -0.25) is 0 Å². The van der Waals surface area contributed by atoms with E-state index in [0.29, 0.717) is 24.5 Å². The van der Waals surface area contributed by atoms with E-state index in [1.807, 2.05) is 19.0 Å². The summed E-state index contributed by atoms with van der Waals surface area (Å²) in [5.74, 6) is -1.03. The molecule has 106 valence electrons. The van der Waals surface area contributed by atoms with Crippen molar-refractivity contribution >= 4 is 23.3 Å². The highest BCUT2D eigenvalue weighted by Gasteiger charge is 2.08. The van der Waals surface area contributed by atoms with Gasteiger partial charge in [0.25, 0.3) is 0 Å². The number of carboxylic acids is 1. The van der Waals surface area contributed by atoms with Crippen LogP contribution in [0.15, 0.2) is 5.38 Å². The summed E-state index contributed by atoms with van der Waals surface area (Å²) in [5, 5.41) is 16.3. The van der Waals surface area contributed by atoms with E-state index in [4.69, 9.17) is 5.11 Å². The van der Waals surface area contributed by atoms with E-state index in [2.05, 4.69) is 15.6 Å². The van der Waals surface area contributed by atoms with Gasteiger partial charge in [-0.05, 0) is 14.1 Å². The number of nitrogens with zero attached hydrogens (tertiary/aromatic N) is 2. The van der Waals surface area contributed by atoms with Gasteiger partial charge in [-0.1, -0.05) is 0 Å². The second-order valence-corrected chi connectivity index (χ2v) is 5.11. The Morgan fingerprint density at radius 2 is 2.05 bits per heavy atom. The van der Waals surface area contributed by atoms with Crippen LogP contribution in [0.4, 0.5) is 4.79 Å². The number of thiazole rings is 1. The van der Waals surface area contributed by atoms with Crippen LogP contribution >= 0.6 is 11.3 Å². The highest BCUT2D eigenvalue weighted by atomic mass is 32.1. The minimum Gasteiger partial charge on any atom is -0.476 e. The molecule has 2 amide bonds. The van der Waals surface area contributed by atoms with E-state index >= 15 is 0 Å². The summed E-state index contributed by atoms with van der Waals surface area (Å²) >= 11 is 1.28. The third-order valence-electron chi connectivity index (χ3n) is 2.24. The summed E-state index contributed by atoms with van der Waals surface area (Å²) in [6.07, 6.45) is 0.527. The molecule has 1 rings (SSSR count). The molecule has 7 nitrogen and oxygen atoms in total. The number of urea groups is 1. The predicted octanol–water partition coefficient (Wildman–Crippen LogP) is 0.245. The Hall–Kier alpha value is -1.67. The molecule has 0 bridgehead atoms. The predicted molar refractivity (Wildman–Crippen MR) is 72.7 cm³/mol. The Balaban J connectivity index is 2.18. The first-order valence-electron chi connectivity index (χ1n) is 5.83. The van der Waals surface area contributed by atoms with Crippen molar-refractivity contribution in [1.29, 1.82) is 0 Å². The van der Waals surface area contributed by atoms with Crippen molar-refractivity contribution < 1.29 is 14.7 Å². The van der Waals surface area contributed by atoms with Gasteiger partial charge in [0.05, 0.1) is 5.01 Å². The molecule has 0 unspecified atom stereocenters. The van der Waals surface area contributed by atoms with Gasteiger partial charge in [0, 0.05) is 31.4 Å². The molecular weight excluding hydrogens is 268 g/mol. The lowest BCUT2D eigenvalue weighted by Crippen LogP contribution is -2.39. The van der Waals surface area contributed by atoms with Gasteiger partial charge >= 0.3 is 12.0 Å². The standard InChI is InChI=1S/C11H18N4O3S/c1-15(2)6-5-13-11(18)12-4-3-9-14-8(7-19-9)10(16)17/h7H,3-6H2,1-2H3,(H,16,17)(H2,12,13,18). The SMILES string of the molecule is CN(C)CCNC(=O)NCCc1nc(C(=O)O)cs1. The van der Waals surface area contributed by atoms with Crippen LogP contribution in [0.5, 0.6) is 0 Å². The minimum absolute atomic E-state index is 0.0513. The maximum Gasteiger partial charge on any atom is 0.355 e. The Bertz CT molecular complexity index is 433. The lowest BCUT2D eigenvalue weighted by atomic mass is 10.4. The van der Waals surface area contributed by atoms with Gasteiger partial charge in [0.1, 0.15) is 0 Å². The number of carboxylic acid groups (broad SMARTS) is 1. The maximum absolute atomic E-state index is 11.4. The number of amides is 2. The van der Waals surface area contributed by atoms with E-state index in [1.165, 1.54) is 16.7 Å². The molecule has 0 saturated carbocycles. The summed E-state index contributed by atoms with van der Waals surface area (Å²) < 4.78 is 0. The summed E-state index contributed by atoms with van der Waals surface area (Å²) in [6, 6.07) is -0.225. The molecule has 3 N–H and O–H groups in total. The molecule has 0 aliphatic heterocycles. The number of aromatic carboxylic acids is 1. The Morgan fingerprint density at radius 3 is 2.63 bits per heavy atom. The number of carbonyl (C=O) groups excluding carboxylic acids is 1.